The zero-order valence-electron chi connectivity index (χ0n) is 16.3. The lowest BCUT2D eigenvalue weighted by molar-refractivity contribution is -0.135. The van der Waals surface area contributed by atoms with Crippen LogP contribution >= 0.6 is 0 Å². The maximum absolute atomic E-state index is 13.5. The number of halogens is 2. The number of hydrogen-bond donors (Lipinski definition) is 1. The van der Waals surface area contributed by atoms with Crippen LogP contribution in [0.1, 0.15) is 41.7 Å². The van der Waals surface area contributed by atoms with E-state index in [4.69, 9.17) is 5.26 Å². The molecular formula is C21H17F2N5O3. The van der Waals surface area contributed by atoms with Gasteiger partial charge in [-0.1, -0.05) is 24.3 Å². The molecule has 2 heterocycles. The first kappa shape index (κ1) is 20.5. The summed E-state index contributed by atoms with van der Waals surface area (Å²) >= 11 is 0. The predicted molar refractivity (Wildman–Crippen MR) is 103 cm³/mol. The zero-order chi connectivity index (χ0) is 22.2. The molecule has 0 bridgehead atoms. The molecule has 0 radical (unpaired) electrons. The van der Waals surface area contributed by atoms with Crippen LogP contribution in [0.5, 0.6) is 0 Å². The van der Waals surface area contributed by atoms with Crippen LogP contribution in [0.4, 0.5) is 13.6 Å². The van der Waals surface area contributed by atoms with Crippen molar-refractivity contribution in [3.05, 3.63) is 47.9 Å². The van der Waals surface area contributed by atoms with Gasteiger partial charge in [0.25, 0.3) is 5.91 Å². The van der Waals surface area contributed by atoms with Crippen molar-refractivity contribution in [1.82, 2.24) is 20.2 Å². The van der Waals surface area contributed by atoms with Crippen molar-refractivity contribution in [1.29, 1.82) is 5.26 Å². The van der Waals surface area contributed by atoms with Crippen molar-refractivity contribution in [3.63, 3.8) is 0 Å². The van der Waals surface area contributed by atoms with Crippen LogP contribution in [0.15, 0.2) is 36.7 Å². The van der Waals surface area contributed by atoms with E-state index in [1.807, 2.05) is 6.07 Å². The van der Waals surface area contributed by atoms with Gasteiger partial charge in [-0.25, -0.2) is 18.6 Å². The van der Waals surface area contributed by atoms with E-state index in [9.17, 15) is 23.2 Å². The average molecular weight is 425 g/mol. The third-order valence-electron chi connectivity index (χ3n) is 5.67. The smallest absolute Gasteiger partial charge is 0.323 e. The highest BCUT2D eigenvalue weighted by Gasteiger charge is 2.55. The van der Waals surface area contributed by atoms with E-state index < -0.39 is 48.6 Å². The van der Waals surface area contributed by atoms with Gasteiger partial charge in [-0.05, 0) is 12.8 Å². The number of nitrogens with one attached hydrogen (secondary N) is 1. The summed E-state index contributed by atoms with van der Waals surface area (Å²) in [4.78, 5) is 46.6. The molecule has 1 aliphatic heterocycles. The number of rotatable bonds is 4. The molecule has 8 nitrogen and oxygen atoms in total. The van der Waals surface area contributed by atoms with Crippen molar-refractivity contribution < 1.29 is 23.2 Å². The number of ketones is 1. The predicted octanol–water partition coefficient (Wildman–Crippen LogP) is 2.70. The summed E-state index contributed by atoms with van der Waals surface area (Å²) in [6.45, 7) is -0.489. The second-order valence-electron chi connectivity index (χ2n) is 7.63. The maximum Gasteiger partial charge on any atom is 0.325 e. The quantitative estimate of drug-likeness (QED) is 0.595. The van der Waals surface area contributed by atoms with Gasteiger partial charge in [0, 0.05) is 36.4 Å². The zero-order valence-corrected chi connectivity index (χ0v) is 16.3. The molecule has 4 rings (SSSR count). The van der Waals surface area contributed by atoms with Gasteiger partial charge in [-0.2, -0.15) is 5.26 Å². The lowest BCUT2D eigenvalue weighted by Gasteiger charge is -2.34. The number of carbonyl (C=O) groups excluding carboxylic acids is 3. The molecule has 31 heavy (non-hydrogen) atoms. The molecule has 1 aromatic heterocycles. The maximum atomic E-state index is 13.5. The van der Waals surface area contributed by atoms with E-state index in [0.29, 0.717) is 11.3 Å². The SMILES string of the molecule is N#Cc1nccnc1-c1ccc(C(=O)CN2C(=O)NC3(CCC(F)(F)CC3)C2=O)cc1. The topological polar surface area (TPSA) is 116 Å². The number of benzene rings is 1. The normalized spacial score (nSPS) is 19.2. The van der Waals surface area contributed by atoms with E-state index in [-0.39, 0.29) is 24.1 Å². The van der Waals surface area contributed by atoms with Gasteiger partial charge in [0.05, 0.1) is 6.54 Å². The molecule has 1 N–H and O–H groups in total. The van der Waals surface area contributed by atoms with Crippen molar-refractivity contribution in [3.8, 4) is 17.3 Å². The highest BCUT2D eigenvalue weighted by atomic mass is 19.3. The second-order valence-corrected chi connectivity index (χ2v) is 7.63. The summed E-state index contributed by atoms with van der Waals surface area (Å²) in [7, 11) is 0. The summed E-state index contributed by atoms with van der Waals surface area (Å²) in [5.41, 5.74) is -0.0117. The van der Waals surface area contributed by atoms with Crippen molar-refractivity contribution in [2.75, 3.05) is 6.54 Å². The van der Waals surface area contributed by atoms with Crippen molar-refractivity contribution in [2.24, 2.45) is 0 Å². The Bertz CT molecular complexity index is 1100. The van der Waals surface area contributed by atoms with E-state index in [1.165, 1.54) is 24.5 Å². The number of imide groups is 1. The number of aromatic nitrogens is 2. The van der Waals surface area contributed by atoms with Gasteiger partial charge < -0.3 is 5.32 Å². The molecule has 1 aromatic carbocycles. The number of alkyl halides is 2. The van der Waals surface area contributed by atoms with E-state index >= 15 is 0 Å². The number of carbonyl (C=O) groups is 3. The molecule has 158 valence electrons. The molecule has 2 aromatic rings. The summed E-state index contributed by atoms with van der Waals surface area (Å²) in [5, 5.41) is 11.7. The van der Waals surface area contributed by atoms with Crippen LogP contribution in [0.2, 0.25) is 0 Å². The van der Waals surface area contributed by atoms with E-state index in [2.05, 4.69) is 15.3 Å². The Labute approximate surface area is 175 Å². The highest BCUT2D eigenvalue weighted by Crippen LogP contribution is 2.41. The fourth-order valence-corrected chi connectivity index (χ4v) is 3.88. The Morgan fingerprint density at radius 2 is 1.74 bits per heavy atom. The van der Waals surface area contributed by atoms with Gasteiger partial charge >= 0.3 is 6.03 Å². The molecule has 10 heteroatoms. The highest BCUT2D eigenvalue weighted by molar-refractivity contribution is 6.11. The van der Waals surface area contributed by atoms with Gasteiger partial charge in [0.15, 0.2) is 11.5 Å². The minimum absolute atomic E-state index is 0.143. The lowest BCUT2D eigenvalue weighted by atomic mass is 9.80. The first-order chi connectivity index (χ1) is 14.7. The van der Waals surface area contributed by atoms with Crippen LogP contribution < -0.4 is 5.32 Å². The Balaban J connectivity index is 1.48. The fraction of sp³-hybridized carbons (Fsp3) is 0.333. The van der Waals surface area contributed by atoms with Gasteiger partial charge in [-0.15, -0.1) is 0 Å². The Morgan fingerprint density at radius 3 is 2.39 bits per heavy atom. The minimum Gasteiger partial charge on any atom is -0.323 e. The number of nitriles is 1. The Hall–Kier alpha value is -3.74. The third kappa shape index (κ3) is 3.74. The first-order valence-corrected chi connectivity index (χ1v) is 9.61. The molecule has 1 spiro atoms. The largest absolute Gasteiger partial charge is 0.325 e. The molecule has 1 saturated heterocycles. The summed E-state index contributed by atoms with van der Waals surface area (Å²) in [6.07, 6.45) is 1.54. The number of urea groups is 1. The second kappa shape index (κ2) is 7.50. The number of Topliss-reactive ketones (excluding diaryl/α,β-unsaturated/α-hetero) is 1. The molecule has 1 aliphatic carbocycles. The molecule has 0 atom stereocenters. The van der Waals surface area contributed by atoms with Crippen molar-refractivity contribution >= 4 is 17.7 Å². The van der Waals surface area contributed by atoms with Crippen molar-refractivity contribution in [2.45, 2.75) is 37.1 Å². The lowest BCUT2D eigenvalue weighted by Crippen LogP contribution is -2.51. The van der Waals surface area contributed by atoms with Gasteiger partial charge in [-0.3, -0.25) is 19.5 Å². The van der Waals surface area contributed by atoms with Crippen LogP contribution in [-0.4, -0.2) is 50.6 Å². The van der Waals surface area contributed by atoms with Gasteiger partial charge in [0.2, 0.25) is 5.92 Å². The minimum atomic E-state index is -2.85. The molecular weight excluding hydrogens is 408 g/mol. The Morgan fingerprint density at radius 1 is 1.10 bits per heavy atom. The molecule has 0 unspecified atom stereocenters. The number of hydrogen-bond acceptors (Lipinski definition) is 6. The van der Waals surface area contributed by atoms with Crippen LogP contribution in [0.3, 0.4) is 0 Å². The number of nitrogens with zero attached hydrogens (tertiary/aromatic N) is 4. The van der Waals surface area contributed by atoms with Crippen LogP contribution in [0.25, 0.3) is 11.3 Å². The number of amides is 3. The average Bonchev–Trinajstić information content (AvgIpc) is 3.00. The molecule has 2 aliphatic rings. The summed E-state index contributed by atoms with van der Waals surface area (Å²) in [5.74, 6) is -3.97. The monoisotopic (exact) mass is 425 g/mol. The van der Waals surface area contributed by atoms with Crippen LogP contribution in [-0.2, 0) is 4.79 Å². The third-order valence-corrected chi connectivity index (χ3v) is 5.67. The first-order valence-electron chi connectivity index (χ1n) is 9.61. The van der Waals surface area contributed by atoms with Crippen LogP contribution in [0, 0.1) is 11.3 Å². The van der Waals surface area contributed by atoms with Gasteiger partial charge in [0.1, 0.15) is 17.3 Å². The standard InChI is InChI=1S/C21H17F2N5O3/c22-21(23)7-5-20(6-8-21)18(30)28(19(31)27-20)12-16(29)13-1-3-14(4-2-13)17-15(11-24)25-9-10-26-17/h1-4,9-10H,5-8,12H2,(H,27,31). The molecule has 2 fully saturated rings. The summed E-state index contributed by atoms with van der Waals surface area (Å²) in [6, 6.07) is 7.38. The van der Waals surface area contributed by atoms with E-state index in [0.717, 1.165) is 4.90 Å². The van der Waals surface area contributed by atoms with E-state index in [1.54, 1.807) is 12.1 Å². The molecule has 3 amide bonds. The molecule has 1 saturated carbocycles. The fourth-order valence-electron chi connectivity index (χ4n) is 3.88. The summed E-state index contributed by atoms with van der Waals surface area (Å²) < 4.78 is 27.0. The Kier molecular flexibility index (Phi) is 4.97.